The zero-order valence-corrected chi connectivity index (χ0v) is 10.7. The summed E-state index contributed by atoms with van der Waals surface area (Å²) in [4.78, 5) is 8.64. The summed E-state index contributed by atoms with van der Waals surface area (Å²) in [5.74, 6) is -1.45. The molecule has 0 radical (unpaired) electrons. The predicted octanol–water partition coefficient (Wildman–Crippen LogP) is 3.11. The van der Waals surface area contributed by atoms with Crippen LogP contribution in [0, 0.1) is 25.5 Å². The molecule has 0 aliphatic rings. The van der Waals surface area contributed by atoms with Gasteiger partial charge < -0.3 is 5.73 Å². The van der Waals surface area contributed by atoms with Crippen molar-refractivity contribution in [3.05, 3.63) is 41.2 Å². The van der Waals surface area contributed by atoms with Crippen molar-refractivity contribution in [1.82, 2.24) is 9.97 Å². The van der Waals surface area contributed by atoms with Crippen LogP contribution in [0.2, 0.25) is 0 Å². The Morgan fingerprint density at radius 2 is 1.67 bits per heavy atom. The Kier molecular flexibility index (Phi) is 3.47. The summed E-state index contributed by atoms with van der Waals surface area (Å²) in [5, 5.41) is 0.421. The Bertz CT molecular complexity index is 582. The summed E-state index contributed by atoms with van der Waals surface area (Å²) in [6.45, 7) is 3.66. The molecule has 3 nitrogen and oxygen atoms in total. The van der Waals surface area contributed by atoms with E-state index in [1.54, 1.807) is 0 Å². The van der Waals surface area contributed by atoms with Gasteiger partial charge in [0.15, 0.2) is 5.16 Å². The van der Waals surface area contributed by atoms with Crippen molar-refractivity contribution in [2.75, 3.05) is 5.73 Å². The lowest BCUT2D eigenvalue weighted by atomic mass is 10.3. The molecule has 0 aliphatic carbocycles. The second-order valence-electron chi connectivity index (χ2n) is 3.83. The molecule has 2 aromatic rings. The number of benzene rings is 1. The summed E-state index contributed by atoms with van der Waals surface area (Å²) < 4.78 is 26.4. The van der Waals surface area contributed by atoms with Crippen LogP contribution in [0.3, 0.4) is 0 Å². The van der Waals surface area contributed by atoms with E-state index in [1.807, 2.05) is 19.9 Å². The van der Waals surface area contributed by atoms with Gasteiger partial charge in [0.25, 0.3) is 0 Å². The van der Waals surface area contributed by atoms with Gasteiger partial charge in [-0.2, -0.15) is 0 Å². The van der Waals surface area contributed by atoms with Crippen LogP contribution >= 0.6 is 11.8 Å². The van der Waals surface area contributed by atoms with Gasteiger partial charge in [-0.05, 0) is 37.7 Å². The molecule has 1 aromatic heterocycles. The molecule has 6 heteroatoms. The van der Waals surface area contributed by atoms with Crippen LogP contribution in [0.1, 0.15) is 11.4 Å². The van der Waals surface area contributed by atoms with E-state index in [0.29, 0.717) is 5.16 Å². The molecule has 0 saturated heterocycles. The number of anilines is 1. The van der Waals surface area contributed by atoms with Crippen molar-refractivity contribution in [2.45, 2.75) is 23.9 Å². The van der Waals surface area contributed by atoms with Gasteiger partial charge in [0, 0.05) is 22.3 Å². The fourth-order valence-electron chi connectivity index (χ4n) is 1.48. The van der Waals surface area contributed by atoms with Crippen molar-refractivity contribution in [1.29, 1.82) is 0 Å². The lowest BCUT2D eigenvalue weighted by Gasteiger charge is -2.06. The second-order valence-corrected chi connectivity index (χ2v) is 4.84. The van der Waals surface area contributed by atoms with Crippen molar-refractivity contribution < 1.29 is 8.78 Å². The van der Waals surface area contributed by atoms with E-state index >= 15 is 0 Å². The number of aryl methyl sites for hydroxylation is 2. The zero-order valence-electron chi connectivity index (χ0n) is 9.87. The summed E-state index contributed by atoms with van der Waals surface area (Å²) in [5.41, 5.74) is 7.05. The van der Waals surface area contributed by atoms with Crippen molar-refractivity contribution in [3.8, 4) is 0 Å². The fraction of sp³-hybridized carbons (Fsp3) is 0.167. The van der Waals surface area contributed by atoms with Crippen LogP contribution < -0.4 is 5.73 Å². The first-order chi connectivity index (χ1) is 8.45. The highest BCUT2D eigenvalue weighted by atomic mass is 32.2. The van der Waals surface area contributed by atoms with Crippen LogP contribution in [0.25, 0.3) is 0 Å². The van der Waals surface area contributed by atoms with Crippen LogP contribution in [-0.2, 0) is 0 Å². The van der Waals surface area contributed by atoms with Crippen molar-refractivity contribution in [3.63, 3.8) is 0 Å². The standard InChI is InChI=1S/C12H11F2N3S/c1-6-3-7(2)17-12(16-6)18-10-5-8(13)4-9(14)11(10)15/h3-5H,15H2,1-2H3. The molecule has 0 bridgehead atoms. The van der Waals surface area contributed by atoms with Gasteiger partial charge in [-0.1, -0.05) is 0 Å². The van der Waals surface area contributed by atoms with Crippen molar-refractivity contribution >= 4 is 17.4 Å². The maximum atomic E-state index is 13.3. The highest BCUT2D eigenvalue weighted by molar-refractivity contribution is 7.99. The number of nitrogens with zero attached hydrogens (tertiary/aromatic N) is 2. The van der Waals surface area contributed by atoms with E-state index in [9.17, 15) is 8.78 Å². The molecule has 1 aromatic carbocycles. The first kappa shape index (κ1) is 12.8. The molecule has 0 saturated carbocycles. The first-order valence-electron chi connectivity index (χ1n) is 5.20. The van der Waals surface area contributed by atoms with E-state index in [2.05, 4.69) is 9.97 Å². The summed E-state index contributed by atoms with van der Waals surface area (Å²) in [6, 6.07) is 3.74. The molecule has 18 heavy (non-hydrogen) atoms. The number of nitrogens with two attached hydrogens (primary N) is 1. The molecule has 0 unspecified atom stereocenters. The van der Waals surface area contributed by atoms with E-state index in [4.69, 9.17) is 5.73 Å². The lowest BCUT2D eigenvalue weighted by molar-refractivity contribution is 0.581. The Hall–Kier alpha value is -1.69. The molecule has 94 valence electrons. The lowest BCUT2D eigenvalue weighted by Crippen LogP contribution is -1.97. The molecule has 0 amide bonds. The average Bonchev–Trinajstić information content (AvgIpc) is 2.23. The third-order valence-corrected chi connectivity index (χ3v) is 3.14. The number of aromatic nitrogens is 2. The SMILES string of the molecule is Cc1cc(C)nc(Sc2cc(F)cc(F)c2N)n1. The molecule has 0 spiro atoms. The molecular formula is C12H11F2N3S. The van der Waals surface area contributed by atoms with Crippen molar-refractivity contribution in [2.24, 2.45) is 0 Å². The largest absolute Gasteiger partial charge is 0.395 e. The van der Waals surface area contributed by atoms with Gasteiger partial charge in [0.2, 0.25) is 0 Å². The Balaban J connectivity index is 2.39. The fourth-order valence-corrected chi connectivity index (χ4v) is 2.44. The highest BCUT2D eigenvalue weighted by Gasteiger charge is 2.11. The quantitative estimate of drug-likeness (QED) is 0.671. The van der Waals surface area contributed by atoms with Crippen LogP contribution in [0.5, 0.6) is 0 Å². The molecule has 1 heterocycles. The van der Waals surface area contributed by atoms with E-state index in [-0.39, 0.29) is 10.6 Å². The second kappa shape index (κ2) is 4.89. The number of nitrogen functional groups attached to an aromatic ring is 1. The van der Waals surface area contributed by atoms with Gasteiger partial charge in [-0.15, -0.1) is 0 Å². The highest BCUT2D eigenvalue weighted by Crippen LogP contribution is 2.32. The molecule has 0 fully saturated rings. The summed E-state index contributed by atoms with van der Waals surface area (Å²) in [6.07, 6.45) is 0. The monoisotopic (exact) mass is 267 g/mol. The number of hydrogen-bond donors (Lipinski definition) is 1. The zero-order chi connectivity index (χ0) is 13.3. The number of hydrogen-bond acceptors (Lipinski definition) is 4. The van der Waals surface area contributed by atoms with Crippen LogP contribution in [-0.4, -0.2) is 9.97 Å². The normalized spacial score (nSPS) is 10.7. The summed E-state index contributed by atoms with van der Waals surface area (Å²) >= 11 is 1.04. The molecule has 2 rings (SSSR count). The third-order valence-electron chi connectivity index (χ3n) is 2.22. The van der Waals surface area contributed by atoms with Gasteiger partial charge in [-0.25, -0.2) is 18.7 Å². The van der Waals surface area contributed by atoms with Gasteiger partial charge in [0.1, 0.15) is 11.6 Å². The minimum absolute atomic E-state index is 0.0934. The molecule has 0 aliphatic heterocycles. The predicted molar refractivity (Wildman–Crippen MR) is 66.4 cm³/mol. The van der Waals surface area contributed by atoms with Gasteiger partial charge >= 0.3 is 0 Å². The maximum absolute atomic E-state index is 13.3. The Morgan fingerprint density at radius 1 is 1.06 bits per heavy atom. The first-order valence-corrected chi connectivity index (χ1v) is 6.02. The van der Waals surface area contributed by atoms with Crippen LogP contribution in [0.15, 0.2) is 28.3 Å². The smallest absolute Gasteiger partial charge is 0.192 e. The molecule has 2 N–H and O–H groups in total. The van der Waals surface area contributed by atoms with E-state index in [1.165, 1.54) is 6.07 Å². The third kappa shape index (κ3) is 2.76. The number of rotatable bonds is 2. The molecule has 0 atom stereocenters. The maximum Gasteiger partial charge on any atom is 0.192 e. The average molecular weight is 267 g/mol. The van der Waals surface area contributed by atoms with Crippen LogP contribution in [0.4, 0.5) is 14.5 Å². The topological polar surface area (TPSA) is 51.8 Å². The Labute approximate surface area is 107 Å². The van der Waals surface area contributed by atoms with E-state index in [0.717, 1.165) is 29.2 Å². The van der Waals surface area contributed by atoms with Gasteiger partial charge in [0.05, 0.1) is 5.69 Å². The Morgan fingerprint density at radius 3 is 2.28 bits per heavy atom. The van der Waals surface area contributed by atoms with E-state index < -0.39 is 11.6 Å². The van der Waals surface area contributed by atoms with Gasteiger partial charge in [-0.3, -0.25) is 0 Å². The number of halogens is 2. The summed E-state index contributed by atoms with van der Waals surface area (Å²) in [7, 11) is 0. The minimum Gasteiger partial charge on any atom is -0.395 e. The minimum atomic E-state index is -0.776. The molecular weight excluding hydrogens is 256 g/mol.